The Kier molecular flexibility index (Phi) is 15.8. The summed E-state index contributed by atoms with van der Waals surface area (Å²) in [5.41, 5.74) is 9.68. The molecule has 70 heavy (non-hydrogen) atoms. The fraction of sp³-hybridized carbons (Fsp3) is 0.509. The molecule has 1 saturated carbocycles. The van der Waals surface area contributed by atoms with Gasteiger partial charge in [-0.2, -0.15) is 0 Å². The van der Waals surface area contributed by atoms with Crippen molar-refractivity contribution in [2.75, 3.05) is 64.6 Å². The number of aromatic nitrogens is 2. The zero-order valence-electron chi connectivity index (χ0n) is 40.4. The zero-order valence-corrected chi connectivity index (χ0v) is 40.4. The molecule has 4 aromatic rings. The Morgan fingerprint density at radius 2 is 1.09 bits per heavy atom. The minimum atomic E-state index is -1.13. The number of anilines is 1. The van der Waals surface area contributed by atoms with Gasteiger partial charge in [-0.3, -0.25) is 19.2 Å². The van der Waals surface area contributed by atoms with Crippen LogP contribution < -0.4 is 16.4 Å². The summed E-state index contributed by atoms with van der Waals surface area (Å²) in [6.07, 6.45) is 12.7. The SMILES string of the molecule is Nc1ccc(C(CCNC(=O)c2cc(-c3cc(C(=O)NC(C(=O)O)C4CCCCC4)nc(C(=O)N4CCCC4CN4CCCC4)c3)cc(C(=O)N3CCCC3CN3CCCC3)n2)c2ccccc2)cc1. The first kappa shape index (κ1) is 48.8. The molecule has 15 nitrogen and oxygen atoms in total. The molecule has 4 atom stereocenters. The van der Waals surface area contributed by atoms with Gasteiger partial charge in [0.1, 0.15) is 28.8 Å². The van der Waals surface area contributed by atoms with E-state index in [1.807, 2.05) is 52.3 Å². The number of hydrogen-bond acceptors (Lipinski definition) is 10. The van der Waals surface area contributed by atoms with Gasteiger partial charge in [-0.05, 0) is 161 Å². The van der Waals surface area contributed by atoms with E-state index in [1.165, 1.54) is 6.07 Å². The zero-order chi connectivity index (χ0) is 48.6. The number of carboxylic acid groups (broad SMARTS) is 1. The van der Waals surface area contributed by atoms with Crippen molar-refractivity contribution in [3.8, 4) is 11.1 Å². The molecule has 9 rings (SSSR count). The van der Waals surface area contributed by atoms with Gasteiger partial charge in [0.2, 0.25) is 0 Å². The van der Waals surface area contributed by atoms with Gasteiger partial charge >= 0.3 is 5.97 Å². The smallest absolute Gasteiger partial charge is 0.326 e. The molecule has 1 aliphatic carbocycles. The van der Waals surface area contributed by atoms with Crippen molar-refractivity contribution >= 4 is 35.3 Å². The quantitative estimate of drug-likeness (QED) is 0.0810. The molecule has 2 aromatic heterocycles. The lowest BCUT2D eigenvalue weighted by molar-refractivity contribution is -0.141. The molecule has 4 saturated heterocycles. The van der Waals surface area contributed by atoms with Crippen molar-refractivity contribution in [2.45, 2.75) is 114 Å². The number of carboxylic acids is 1. The number of nitrogens with zero attached hydrogens (tertiary/aromatic N) is 6. The van der Waals surface area contributed by atoms with Crippen LogP contribution in [-0.4, -0.2) is 141 Å². The Labute approximate surface area is 411 Å². The summed E-state index contributed by atoms with van der Waals surface area (Å²) >= 11 is 0. The molecular formula is C55H69N9O6. The molecule has 6 heterocycles. The van der Waals surface area contributed by atoms with Gasteiger partial charge in [-0.25, -0.2) is 14.8 Å². The Bertz CT molecular complexity index is 2490. The molecule has 0 bridgehead atoms. The lowest BCUT2D eigenvalue weighted by atomic mass is 9.84. The summed E-state index contributed by atoms with van der Waals surface area (Å²) in [4.78, 5) is 89.0. The van der Waals surface area contributed by atoms with E-state index in [2.05, 4.69) is 37.6 Å². The molecule has 4 amide bonds. The van der Waals surface area contributed by atoms with Crippen molar-refractivity contribution < 1.29 is 29.1 Å². The molecule has 4 aliphatic heterocycles. The second-order valence-electron chi connectivity index (χ2n) is 20.2. The van der Waals surface area contributed by atoms with Gasteiger partial charge in [0.25, 0.3) is 23.6 Å². The van der Waals surface area contributed by atoms with Crippen molar-refractivity contribution in [1.82, 2.24) is 40.2 Å². The van der Waals surface area contributed by atoms with Crippen molar-refractivity contribution in [1.29, 1.82) is 0 Å². The number of rotatable bonds is 17. The minimum absolute atomic E-state index is 0.00245. The molecular weight excluding hydrogens is 883 g/mol. The molecule has 5 N–H and O–H groups in total. The third-order valence-corrected chi connectivity index (χ3v) is 15.4. The van der Waals surface area contributed by atoms with Crippen LogP contribution in [0.1, 0.15) is 149 Å². The number of pyridine rings is 2. The van der Waals surface area contributed by atoms with Crippen LogP contribution >= 0.6 is 0 Å². The summed E-state index contributed by atoms with van der Waals surface area (Å²) in [5, 5.41) is 16.2. The number of carbonyl (C=O) groups excluding carboxylic acids is 4. The number of nitrogens with one attached hydrogen (secondary N) is 2. The van der Waals surface area contributed by atoms with Crippen LogP contribution in [0.15, 0.2) is 78.9 Å². The van der Waals surface area contributed by atoms with E-state index < -0.39 is 23.8 Å². The number of likely N-dealkylation sites (tertiary alicyclic amines) is 4. The first-order chi connectivity index (χ1) is 34.1. The Hall–Kier alpha value is -6.19. The fourth-order valence-corrected chi connectivity index (χ4v) is 11.7. The summed E-state index contributed by atoms with van der Waals surface area (Å²) in [6.45, 7) is 6.93. The number of nitrogen functional groups attached to an aromatic ring is 1. The number of amides is 4. The van der Waals surface area contributed by atoms with Crippen LogP contribution in [-0.2, 0) is 4.79 Å². The van der Waals surface area contributed by atoms with E-state index >= 15 is 0 Å². The molecule has 370 valence electrons. The van der Waals surface area contributed by atoms with E-state index in [0.717, 1.165) is 121 Å². The molecule has 2 aromatic carbocycles. The minimum Gasteiger partial charge on any atom is -0.480 e. The Morgan fingerprint density at radius 3 is 1.61 bits per heavy atom. The lowest BCUT2D eigenvalue weighted by Gasteiger charge is -2.29. The summed E-state index contributed by atoms with van der Waals surface area (Å²) in [6, 6.07) is 23.1. The third kappa shape index (κ3) is 11.7. The summed E-state index contributed by atoms with van der Waals surface area (Å²) < 4.78 is 0. The molecule has 4 unspecified atom stereocenters. The highest BCUT2D eigenvalue weighted by atomic mass is 16.4. The number of nitrogens with two attached hydrogens (primary N) is 1. The molecule has 5 fully saturated rings. The van der Waals surface area contributed by atoms with Crippen LogP contribution in [0.4, 0.5) is 5.69 Å². The average Bonchev–Trinajstić information content (AvgIpc) is 4.26. The number of benzene rings is 2. The Balaban J connectivity index is 1.07. The third-order valence-electron chi connectivity index (χ3n) is 15.4. The van der Waals surface area contributed by atoms with E-state index in [9.17, 15) is 29.1 Å². The van der Waals surface area contributed by atoms with Gasteiger partial charge in [0, 0.05) is 56.4 Å². The standard InChI is InChI=1S/C55H69N9O6/c56-42-21-19-38(20-22-42)45(37-13-3-1-4-14-37)23-24-57-51(65)46-31-40(33-48(58-46)53(67)63-29-11-17-43(63)35-61-25-7-8-26-61)41-32-47(52(66)60-50(55(69)70)39-15-5-2-6-16-39)59-49(34-41)54(68)64-30-12-18-44(64)36-62-27-9-10-28-62/h1,3-4,13-14,19-22,31-34,39,43-45,50H,2,5-12,15-18,23-30,35-36,56H2,(H,57,65)(H,60,66)(H,69,70). The highest BCUT2D eigenvalue weighted by molar-refractivity contribution is 6.01. The van der Waals surface area contributed by atoms with Crippen LogP contribution in [0.25, 0.3) is 11.1 Å². The fourth-order valence-electron chi connectivity index (χ4n) is 11.7. The first-order valence-corrected chi connectivity index (χ1v) is 25.9. The number of carbonyl (C=O) groups is 5. The van der Waals surface area contributed by atoms with E-state index in [-0.39, 0.29) is 58.5 Å². The van der Waals surface area contributed by atoms with Crippen LogP contribution in [0.2, 0.25) is 0 Å². The van der Waals surface area contributed by atoms with Gasteiger partial charge in [-0.1, -0.05) is 61.7 Å². The van der Waals surface area contributed by atoms with Crippen molar-refractivity contribution in [2.24, 2.45) is 5.92 Å². The van der Waals surface area contributed by atoms with E-state index in [1.54, 1.807) is 18.2 Å². The predicted octanol–water partition coefficient (Wildman–Crippen LogP) is 6.84. The second kappa shape index (κ2) is 22.7. The highest BCUT2D eigenvalue weighted by Gasteiger charge is 2.36. The van der Waals surface area contributed by atoms with Gasteiger partial charge in [0.15, 0.2) is 0 Å². The monoisotopic (exact) mass is 952 g/mol. The van der Waals surface area contributed by atoms with Crippen molar-refractivity contribution in [3.05, 3.63) is 113 Å². The van der Waals surface area contributed by atoms with E-state index in [4.69, 9.17) is 10.7 Å². The summed E-state index contributed by atoms with van der Waals surface area (Å²) in [5.74, 6) is -3.18. The second-order valence-corrected chi connectivity index (χ2v) is 20.2. The first-order valence-electron chi connectivity index (χ1n) is 25.9. The van der Waals surface area contributed by atoms with Crippen molar-refractivity contribution in [3.63, 3.8) is 0 Å². The average molecular weight is 952 g/mol. The molecule has 15 heteroatoms. The van der Waals surface area contributed by atoms with Gasteiger partial charge in [0.05, 0.1) is 0 Å². The number of hydrogen-bond donors (Lipinski definition) is 4. The van der Waals surface area contributed by atoms with Crippen LogP contribution in [0, 0.1) is 5.92 Å². The molecule has 0 spiro atoms. The molecule has 0 radical (unpaired) electrons. The predicted molar refractivity (Wildman–Crippen MR) is 268 cm³/mol. The van der Waals surface area contributed by atoms with Crippen LogP contribution in [0.3, 0.4) is 0 Å². The topological polar surface area (TPSA) is 194 Å². The van der Waals surface area contributed by atoms with E-state index in [0.29, 0.717) is 55.7 Å². The summed E-state index contributed by atoms with van der Waals surface area (Å²) in [7, 11) is 0. The number of aliphatic carboxylic acids is 1. The maximum atomic E-state index is 14.8. The maximum Gasteiger partial charge on any atom is 0.326 e. The lowest BCUT2D eigenvalue weighted by Crippen LogP contribution is -2.47. The van der Waals surface area contributed by atoms with Gasteiger partial charge in [-0.15, -0.1) is 0 Å². The van der Waals surface area contributed by atoms with Gasteiger partial charge < -0.3 is 41.1 Å². The normalized spacial score (nSPS) is 20.9. The largest absolute Gasteiger partial charge is 0.480 e. The maximum absolute atomic E-state index is 14.8. The van der Waals surface area contributed by atoms with Crippen LogP contribution in [0.5, 0.6) is 0 Å². The highest BCUT2D eigenvalue weighted by Crippen LogP contribution is 2.32. The molecule has 5 aliphatic rings. The Morgan fingerprint density at radius 1 is 0.586 bits per heavy atom.